The topological polar surface area (TPSA) is 26.3 Å². The van der Waals surface area contributed by atoms with Gasteiger partial charge in [-0.15, -0.1) is 0 Å². The maximum atomic E-state index is 12.3. The molecule has 1 unspecified atom stereocenters. The molecular weight excluding hydrogens is 255 g/mol. The van der Waals surface area contributed by atoms with Crippen LogP contribution in [0.15, 0.2) is 23.2 Å². The van der Waals surface area contributed by atoms with E-state index in [-0.39, 0.29) is 0 Å². The molecule has 0 amide bonds. The van der Waals surface area contributed by atoms with E-state index < -0.39 is 8.03 Å². The summed E-state index contributed by atoms with van der Waals surface area (Å²) in [5.74, 6) is 0.976. The number of hydrogen-bond acceptors (Lipinski definition) is 2. The molecule has 0 saturated heterocycles. The van der Waals surface area contributed by atoms with Gasteiger partial charge in [0.1, 0.15) is 0 Å². The van der Waals surface area contributed by atoms with Gasteiger partial charge in [-0.2, -0.15) is 0 Å². The summed E-state index contributed by atoms with van der Waals surface area (Å²) in [6.07, 6.45) is 18.4. The summed E-state index contributed by atoms with van der Waals surface area (Å²) in [4.78, 5) is 0. The van der Waals surface area contributed by atoms with Gasteiger partial charge in [0.15, 0.2) is 5.76 Å². The molecule has 0 spiro atoms. The molecule has 0 N–H and O–H groups in total. The molecule has 1 atom stereocenters. The van der Waals surface area contributed by atoms with Gasteiger partial charge >= 0.3 is 8.03 Å². The van der Waals surface area contributed by atoms with Crippen molar-refractivity contribution >= 4 is 8.03 Å². The molecule has 106 valence electrons. The van der Waals surface area contributed by atoms with Crippen LogP contribution in [0.5, 0.6) is 0 Å². The first kappa shape index (κ1) is 14.8. The molecule has 0 aromatic rings. The van der Waals surface area contributed by atoms with Crippen LogP contribution in [0.25, 0.3) is 0 Å². The summed E-state index contributed by atoms with van der Waals surface area (Å²) in [6, 6.07) is 0. The summed E-state index contributed by atoms with van der Waals surface area (Å²) in [7, 11) is -1.63. The second-order valence-corrected chi connectivity index (χ2v) is 6.89. The molecule has 0 aromatic carbocycles. The van der Waals surface area contributed by atoms with Crippen LogP contribution in [-0.4, -0.2) is 0 Å². The van der Waals surface area contributed by atoms with Crippen molar-refractivity contribution in [1.29, 1.82) is 0 Å². The van der Waals surface area contributed by atoms with E-state index in [0.717, 1.165) is 43.2 Å². The lowest BCUT2D eigenvalue weighted by Crippen LogP contribution is -1.93. The Bertz CT molecular complexity index is 358. The van der Waals surface area contributed by atoms with Crippen molar-refractivity contribution in [3.8, 4) is 0 Å². The van der Waals surface area contributed by atoms with Crippen molar-refractivity contribution in [1.82, 2.24) is 0 Å². The zero-order valence-electron chi connectivity index (χ0n) is 11.9. The molecule has 2 aliphatic carbocycles. The predicted molar refractivity (Wildman–Crippen MR) is 80.3 cm³/mol. The Labute approximate surface area is 118 Å². The van der Waals surface area contributed by atoms with Gasteiger partial charge in [0, 0.05) is 12.8 Å². The van der Waals surface area contributed by atoms with Crippen LogP contribution in [0.1, 0.15) is 77.0 Å². The molecule has 0 aromatic heterocycles. The minimum Gasteiger partial charge on any atom is -0.255 e. The standard InChI is InChI=1S/C16H26O2P/c17-19(16-13-9-5-2-6-10-14-16)18-15-11-7-3-1-4-8-12-15/h11,13H,1-10,12,14H2/q+1. The Kier molecular flexibility index (Phi) is 6.64. The first-order valence-corrected chi connectivity index (χ1v) is 9.07. The van der Waals surface area contributed by atoms with Crippen molar-refractivity contribution < 1.29 is 9.09 Å². The van der Waals surface area contributed by atoms with E-state index in [4.69, 9.17) is 4.52 Å². The SMILES string of the molecule is O=[P+](OC1=CCCCCCC1)C1=CCCCCCC1. The minimum atomic E-state index is -1.63. The van der Waals surface area contributed by atoms with E-state index in [0.29, 0.717) is 0 Å². The van der Waals surface area contributed by atoms with Gasteiger partial charge in [-0.25, -0.2) is 0 Å². The van der Waals surface area contributed by atoms with Crippen LogP contribution in [0.3, 0.4) is 0 Å². The van der Waals surface area contributed by atoms with Crippen molar-refractivity contribution in [2.24, 2.45) is 0 Å². The zero-order valence-corrected chi connectivity index (χ0v) is 12.8. The van der Waals surface area contributed by atoms with Gasteiger partial charge < -0.3 is 0 Å². The molecule has 0 heterocycles. The monoisotopic (exact) mass is 281 g/mol. The van der Waals surface area contributed by atoms with E-state index in [2.05, 4.69) is 12.2 Å². The van der Waals surface area contributed by atoms with E-state index in [1.807, 2.05) is 0 Å². The lowest BCUT2D eigenvalue weighted by Gasteiger charge is -2.07. The van der Waals surface area contributed by atoms with Gasteiger partial charge in [0.05, 0.1) is 0 Å². The normalized spacial score (nSPS) is 23.1. The van der Waals surface area contributed by atoms with Gasteiger partial charge in [-0.05, 0) is 55.2 Å². The highest BCUT2D eigenvalue weighted by molar-refractivity contribution is 7.44. The van der Waals surface area contributed by atoms with Crippen LogP contribution >= 0.6 is 8.03 Å². The molecular formula is C16H26O2P+. The molecule has 0 aliphatic heterocycles. The summed E-state index contributed by atoms with van der Waals surface area (Å²) < 4.78 is 18.1. The van der Waals surface area contributed by atoms with Crippen molar-refractivity contribution in [2.45, 2.75) is 77.0 Å². The fourth-order valence-corrected chi connectivity index (χ4v) is 3.87. The molecule has 0 bridgehead atoms. The van der Waals surface area contributed by atoms with Crippen molar-refractivity contribution in [3.05, 3.63) is 23.2 Å². The average molecular weight is 281 g/mol. The summed E-state index contributed by atoms with van der Waals surface area (Å²) >= 11 is 0. The fraction of sp³-hybridized carbons (Fsp3) is 0.750. The third-order valence-electron chi connectivity index (χ3n) is 3.95. The highest BCUT2D eigenvalue weighted by Crippen LogP contribution is 2.41. The van der Waals surface area contributed by atoms with Crippen molar-refractivity contribution in [2.75, 3.05) is 0 Å². The quantitative estimate of drug-likeness (QED) is 0.574. The van der Waals surface area contributed by atoms with Gasteiger partial charge in [-0.3, -0.25) is 4.52 Å². The van der Waals surface area contributed by atoms with Crippen LogP contribution in [-0.2, 0) is 9.09 Å². The maximum absolute atomic E-state index is 12.3. The predicted octanol–water partition coefficient (Wildman–Crippen LogP) is 6.22. The highest BCUT2D eigenvalue weighted by atomic mass is 31.1. The molecule has 19 heavy (non-hydrogen) atoms. The summed E-state index contributed by atoms with van der Waals surface area (Å²) in [5, 5.41) is 1.05. The smallest absolute Gasteiger partial charge is 0.255 e. The largest absolute Gasteiger partial charge is 0.591 e. The van der Waals surface area contributed by atoms with Crippen molar-refractivity contribution in [3.63, 3.8) is 0 Å². The zero-order chi connectivity index (χ0) is 13.3. The Balaban J connectivity index is 1.90. The van der Waals surface area contributed by atoms with Gasteiger partial charge in [-0.1, -0.05) is 25.7 Å². The third kappa shape index (κ3) is 5.48. The molecule has 2 aliphatic rings. The molecule has 0 fully saturated rings. The Morgan fingerprint density at radius 3 is 2.21 bits per heavy atom. The molecule has 0 radical (unpaired) electrons. The number of rotatable bonds is 3. The summed E-state index contributed by atoms with van der Waals surface area (Å²) in [5.41, 5.74) is 0. The van der Waals surface area contributed by atoms with E-state index in [1.165, 1.54) is 44.9 Å². The first-order chi connectivity index (χ1) is 9.36. The first-order valence-electron chi connectivity index (χ1n) is 7.89. The minimum absolute atomic E-state index is 0.961. The second kappa shape index (κ2) is 8.53. The fourth-order valence-electron chi connectivity index (χ4n) is 2.75. The molecule has 3 heteroatoms. The lowest BCUT2D eigenvalue weighted by molar-refractivity contribution is 0.394. The number of allylic oxidation sites excluding steroid dienone is 4. The lowest BCUT2D eigenvalue weighted by atomic mass is 10.1. The second-order valence-electron chi connectivity index (χ2n) is 5.62. The molecule has 2 nitrogen and oxygen atoms in total. The highest BCUT2D eigenvalue weighted by Gasteiger charge is 2.28. The summed E-state index contributed by atoms with van der Waals surface area (Å²) in [6.45, 7) is 0. The van der Waals surface area contributed by atoms with Crippen LogP contribution < -0.4 is 0 Å². The van der Waals surface area contributed by atoms with Gasteiger partial charge in [0.2, 0.25) is 5.31 Å². The third-order valence-corrected chi connectivity index (χ3v) is 5.23. The Morgan fingerprint density at radius 1 is 0.789 bits per heavy atom. The van der Waals surface area contributed by atoms with Gasteiger partial charge in [0.25, 0.3) is 0 Å². The Morgan fingerprint density at radius 2 is 1.42 bits per heavy atom. The molecule has 0 saturated carbocycles. The van der Waals surface area contributed by atoms with Crippen LogP contribution in [0.2, 0.25) is 0 Å². The van der Waals surface area contributed by atoms with E-state index >= 15 is 0 Å². The maximum Gasteiger partial charge on any atom is 0.591 e. The number of hydrogen-bond donors (Lipinski definition) is 0. The van der Waals surface area contributed by atoms with E-state index in [9.17, 15) is 4.57 Å². The van der Waals surface area contributed by atoms with Crippen LogP contribution in [0.4, 0.5) is 0 Å². The van der Waals surface area contributed by atoms with Crippen LogP contribution in [0, 0.1) is 0 Å². The van der Waals surface area contributed by atoms with E-state index in [1.54, 1.807) is 0 Å². The average Bonchev–Trinajstić information content (AvgIpc) is 2.31. The Hall–Kier alpha value is -0.620. The molecule has 2 rings (SSSR count).